The number of rotatable bonds is 6. The van der Waals surface area contributed by atoms with Crippen molar-refractivity contribution in [2.45, 2.75) is 26.4 Å². The van der Waals surface area contributed by atoms with E-state index in [2.05, 4.69) is 4.98 Å². The van der Waals surface area contributed by atoms with Crippen molar-refractivity contribution in [2.75, 3.05) is 13.7 Å². The first kappa shape index (κ1) is 21.5. The molecule has 0 amide bonds. The molecule has 3 rings (SSSR count). The smallest absolute Gasteiger partial charge is 0.351 e. The molecule has 0 bridgehead atoms. The van der Waals surface area contributed by atoms with Crippen LogP contribution in [0.2, 0.25) is 0 Å². The number of pyridine rings is 1. The van der Waals surface area contributed by atoms with Crippen molar-refractivity contribution >= 4 is 45.6 Å². The number of hydrogen-bond donors (Lipinski definition) is 0. The van der Waals surface area contributed by atoms with Crippen molar-refractivity contribution in [3.8, 4) is 5.75 Å². The number of ether oxygens (including phenoxy) is 3. The van der Waals surface area contributed by atoms with E-state index in [1.807, 2.05) is 48.6 Å². The molecule has 30 heavy (non-hydrogen) atoms. The molecule has 2 heterocycles. The molecule has 6 nitrogen and oxygen atoms in total. The zero-order chi connectivity index (χ0) is 21.7. The summed E-state index contributed by atoms with van der Waals surface area (Å²) in [7, 11) is 1.30. The molecule has 0 saturated carbocycles. The Morgan fingerprint density at radius 2 is 1.80 bits per heavy atom. The molecule has 156 valence electrons. The molecule has 7 heteroatoms. The molecule has 0 aliphatic rings. The van der Waals surface area contributed by atoms with Crippen LogP contribution in [0.3, 0.4) is 0 Å². The van der Waals surface area contributed by atoms with Crippen LogP contribution in [-0.4, -0.2) is 36.2 Å². The number of esters is 2. The highest BCUT2D eigenvalue weighted by Crippen LogP contribution is 2.38. The second-order valence-electron chi connectivity index (χ2n) is 7.49. The minimum Gasteiger partial charge on any atom is -0.479 e. The van der Waals surface area contributed by atoms with Crippen LogP contribution in [0.15, 0.2) is 42.6 Å². The average Bonchev–Trinajstić information content (AvgIpc) is 3.07. The fraction of sp³-hybridized carbons (Fsp3) is 0.261. The number of fused-ring (bicyclic) bond motifs is 1. The highest BCUT2D eigenvalue weighted by Gasteiger charge is 2.24. The molecule has 0 radical (unpaired) electrons. The van der Waals surface area contributed by atoms with Gasteiger partial charge in [-0.25, -0.2) is 14.6 Å². The molecule has 1 aromatic carbocycles. The van der Waals surface area contributed by atoms with E-state index in [0.717, 1.165) is 22.5 Å². The van der Waals surface area contributed by atoms with Crippen LogP contribution in [0.1, 0.15) is 41.6 Å². The zero-order valence-electron chi connectivity index (χ0n) is 17.3. The Bertz CT molecular complexity index is 1080. The molecule has 0 aliphatic heterocycles. The van der Waals surface area contributed by atoms with E-state index in [4.69, 9.17) is 14.2 Å². The van der Waals surface area contributed by atoms with Gasteiger partial charge < -0.3 is 14.2 Å². The predicted molar refractivity (Wildman–Crippen MR) is 118 cm³/mol. The van der Waals surface area contributed by atoms with Crippen LogP contribution in [0, 0.1) is 0 Å². The van der Waals surface area contributed by atoms with Crippen molar-refractivity contribution in [3.63, 3.8) is 0 Å². The van der Waals surface area contributed by atoms with Crippen LogP contribution in [0.25, 0.3) is 22.4 Å². The van der Waals surface area contributed by atoms with Gasteiger partial charge in [-0.2, -0.15) is 0 Å². The number of methoxy groups -OCH3 is 1. The van der Waals surface area contributed by atoms with Gasteiger partial charge in [-0.05, 0) is 38.0 Å². The molecule has 3 aromatic rings. The molecule has 0 spiro atoms. The summed E-state index contributed by atoms with van der Waals surface area (Å²) in [4.78, 5) is 29.6. The Morgan fingerprint density at radius 1 is 1.10 bits per heavy atom. The van der Waals surface area contributed by atoms with Gasteiger partial charge >= 0.3 is 11.9 Å². The maximum absolute atomic E-state index is 12.2. The molecule has 0 atom stereocenters. The summed E-state index contributed by atoms with van der Waals surface area (Å²) in [6.07, 6.45) is 5.61. The Labute approximate surface area is 179 Å². The highest BCUT2D eigenvalue weighted by atomic mass is 32.1. The highest BCUT2D eigenvalue weighted by molar-refractivity contribution is 7.20. The van der Waals surface area contributed by atoms with Gasteiger partial charge in [-0.1, -0.05) is 42.5 Å². The molecule has 0 fully saturated rings. The van der Waals surface area contributed by atoms with Crippen molar-refractivity contribution in [1.82, 2.24) is 4.98 Å². The lowest BCUT2D eigenvalue weighted by atomic mass is 10.1. The lowest BCUT2D eigenvalue weighted by molar-refractivity contribution is -0.157. The molecule has 0 N–H and O–H groups in total. The molecule has 0 aliphatic carbocycles. The SMILES string of the molecule is COC(=O)c1sc2ncc(/C=C/c3ccccc3)cc2c1OCC(=O)OC(C)(C)C. The van der Waals surface area contributed by atoms with Crippen LogP contribution < -0.4 is 4.74 Å². The quantitative estimate of drug-likeness (QED) is 0.519. The summed E-state index contributed by atoms with van der Waals surface area (Å²) in [6.45, 7) is 5.01. The van der Waals surface area contributed by atoms with E-state index in [9.17, 15) is 9.59 Å². The lowest BCUT2D eigenvalue weighted by Crippen LogP contribution is -2.27. The van der Waals surface area contributed by atoms with E-state index in [0.29, 0.717) is 10.2 Å². The lowest BCUT2D eigenvalue weighted by Gasteiger charge is -2.19. The fourth-order valence-corrected chi connectivity index (χ4v) is 3.69. The second kappa shape index (κ2) is 9.09. The van der Waals surface area contributed by atoms with Gasteiger partial charge in [0.15, 0.2) is 17.2 Å². The van der Waals surface area contributed by atoms with Gasteiger partial charge in [0, 0.05) is 6.20 Å². The second-order valence-corrected chi connectivity index (χ2v) is 8.49. The van der Waals surface area contributed by atoms with Crippen LogP contribution in [0.5, 0.6) is 5.75 Å². The Kier molecular flexibility index (Phi) is 6.52. The Morgan fingerprint density at radius 3 is 2.47 bits per heavy atom. The van der Waals surface area contributed by atoms with Crippen molar-refractivity contribution in [1.29, 1.82) is 0 Å². The van der Waals surface area contributed by atoms with Crippen molar-refractivity contribution in [2.24, 2.45) is 0 Å². The van der Waals surface area contributed by atoms with E-state index in [1.165, 1.54) is 7.11 Å². The first-order valence-corrected chi connectivity index (χ1v) is 10.2. The largest absolute Gasteiger partial charge is 0.479 e. The third kappa shape index (κ3) is 5.45. The Balaban J connectivity index is 1.92. The predicted octanol–water partition coefficient (Wildman–Crippen LogP) is 4.97. The Hall–Kier alpha value is -3.19. The monoisotopic (exact) mass is 425 g/mol. The number of carbonyl (C=O) groups excluding carboxylic acids is 2. The van der Waals surface area contributed by atoms with Gasteiger partial charge in [0.25, 0.3) is 0 Å². The fourth-order valence-electron chi connectivity index (χ4n) is 2.70. The normalized spacial score (nSPS) is 11.6. The van der Waals surface area contributed by atoms with E-state index in [1.54, 1.807) is 27.0 Å². The summed E-state index contributed by atoms with van der Waals surface area (Å²) in [5.74, 6) is -0.792. The van der Waals surface area contributed by atoms with E-state index >= 15 is 0 Å². The van der Waals surface area contributed by atoms with E-state index < -0.39 is 17.5 Å². The van der Waals surface area contributed by atoms with Crippen LogP contribution >= 0.6 is 11.3 Å². The summed E-state index contributed by atoms with van der Waals surface area (Å²) >= 11 is 1.16. The first-order valence-electron chi connectivity index (χ1n) is 9.35. The summed E-state index contributed by atoms with van der Waals surface area (Å²) in [5, 5.41) is 0.638. The topological polar surface area (TPSA) is 74.7 Å². The molecule has 0 unspecified atom stereocenters. The average molecular weight is 426 g/mol. The van der Waals surface area contributed by atoms with Crippen LogP contribution in [0.4, 0.5) is 0 Å². The standard InChI is InChI=1S/C23H23NO5S/c1-23(2,3)29-18(25)14-28-19-17-12-16(11-10-15-8-6-5-7-9-15)13-24-21(17)30-20(19)22(26)27-4/h5-13H,14H2,1-4H3/b11-10+. The summed E-state index contributed by atoms with van der Waals surface area (Å²) in [5.41, 5.74) is 1.27. The van der Waals surface area contributed by atoms with Crippen molar-refractivity contribution in [3.05, 3.63) is 58.6 Å². The van der Waals surface area contributed by atoms with Crippen LogP contribution in [-0.2, 0) is 14.3 Å². The number of aromatic nitrogens is 1. The van der Waals surface area contributed by atoms with Crippen molar-refractivity contribution < 1.29 is 23.8 Å². The number of benzene rings is 1. The first-order chi connectivity index (χ1) is 14.3. The van der Waals surface area contributed by atoms with Gasteiger partial charge in [-0.15, -0.1) is 11.3 Å². The summed E-state index contributed by atoms with van der Waals surface area (Å²) < 4.78 is 15.9. The number of thiophene rings is 1. The number of carbonyl (C=O) groups is 2. The minimum atomic E-state index is -0.626. The number of hydrogen-bond acceptors (Lipinski definition) is 7. The van der Waals surface area contributed by atoms with Gasteiger partial charge in [0.1, 0.15) is 10.4 Å². The van der Waals surface area contributed by atoms with Gasteiger partial charge in [0.2, 0.25) is 0 Å². The van der Waals surface area contributed by atoms with Gasteiger partial charge in [-0.3, -0.25) is 0 Å². The zero-order valence-corrected chi connectivity index (χ0v) is 18.1. The van der Waals surface area contributed by atoms with E-state index in [-0.39, 0.29) is 17.2 Å². The summed E-state index contributed by atoms with van der Waals surface area (Å²) in [6, 6.07) is 11.8. The third-order valence-corrected chi connectivity index (χ3v) is 4.99. The molecular formula is C23H23NO5S. The maximum Gasteiger partial charge on any atom is 0.351 e. The third-order valence-electron chi connectivity index (χ3n) is 3.91. The molecule has 2 aromatic heterocycles. The molecular weight excluding hydrogens is 402 g/mol. The van der Waals surface area contributed by atoms with Gasteiger partial charge in [0.05, 0.1) is 12.5 Å². The number of nitrogens with zero attached hydrogens (tertiary/aromatic N) is 1. The minimum absolute atomic E-state index is 0.257. The molecule has 0 saturated heterocycles. The maximum atomic E-state index is 12.2.